The highest BCUT2D eigenvalue weighted by Gasteiger charge is 2.82. The van der Waals surface area contributed by atoms with Gasteiger partial charge in [0.2, 0.25) is 0 Å². The molecule has 4 rings (SSSR count). The van der Waals surface area contributed by atoms with Crippen molar-refractivity contribution in [2.75, 3.05) is 28.4 Å². The van der Waals surface area contributed by atoms with E-state index >= 15 is 0 Å². The van der Waals surface area contributed by atoms with Crippen LogP contribution in [-0.2, 0) is 49.2 Å². The van der Waals surface area contributed by atoms with Gasteiger partial charge < -0.3 is 18.9 Å². The molecule has 0 spiro atoms. The van der Waals surface area contributed by atoms with Gasteiger partial charge in [-0.2, -0.15) is 0 Å². The third-order valence-corrected chi connectivity index (χ3v) is 7.37. The maximum atomic E-state index is 13.5. The molecule has 0 aliphatic carbocycles. The van der Waals surface area contributed by atoms with Gasteiger partial charge in [0.15, 0.2) is 0 Å². The van der Waals surface area contributed by atoms with E-state index in [2.05, 4.69) is 5.32 Å². The number of fused-ring (bicyclic) bond motifs is 2. The number of benzene rings is 2. The third-order valence-electron chi connectivity index (χ3n) is 7.37. The first kappa shape index (κ1) is 24.4. The number of carbonyl (C=O) groups is 4. The van der Waals surface area contributed by atoms with Crippen LogP contribution in [-0.4, -0.2) is 52.3 Å². The Morgan fingerprint density at radius 1 is 0.543 bits per heavy atom. The average Bonchev–Trinajstić information content (AvgIpc) is 3.41. The van der Waals surface area contributed by atoms with Gasteiger partial charge in [-0.15, -0.1) is 0 Å². The smallest absolute Gasteiger partial charge is 0.311 e. The van der Waals surface area contributed by atoms with Crippen molar-refractivity contribution < 1.29 is 38.1 Å². The van der Waals surface area contributed by atoms with Crippen molar-refractivity contribution in [2.24, 2.45) is 23.7 Å². The van der Waals surface area contributed by atoms with Crippen LogP contribution in [0, 0.1) is 23.7 Å². The van der Waals surface area contributed by atoms with Gasteiger partial charge in [0.1, 0.15) is 0 Å². The summed E-state index contributed by atoms with van der Waals surface area (Å²) < 4.78 is 20.7. The Morgan fingerprint density at radius 3 is 1.03 bits per heavy atom. The second-order valence-electron chi connectivity index (χ2n) is 8.60. The van der Waals surface area contributed by atoms with E-state index in [1.54, 1.807) is 60.7 Å². The van der Waals surface area contributed by atoms with Gasteiger partial charge in [-0.25, -0.2) is 0 Å². The molecule has 2 saturated heterocycles. The summed E-state index contributed by atoms with van der Waals surface area (Å²) in [5.41, 5.74) is -2.06. The largest absolute Gasteiger partial charge is 0.469 e. The molecule has 2 aliphatic rings. The lowest BCUT2D eigenvalue weighted by Crippen LogP contribution is -2.59. The molecular weight excluding hydrogens is 454 g/mol. The maximum Gasteiger partial charge on any atom is 0.311 e. The van der Waals surface area contributed by atoms with Gasteiger partial charge >= 0.3 is 23.9 Å². The van der Waals surface area contributed by atoms with Gasteiger partial charge in [-0.05, 0) is 11.1 Å². The molecule has 1 N–H and O–H groups in total. The lowest BCUT2D eigenvalue weighted by molar-refractivity contribution is -0.177. The summed E-state index contributed by atoms with van der Waals surface area (Å²) in [6.07, 6.45) is 0. The highest BCUT2D eigenvalue weighted by Crippen LogP contribution is 2.67. The first-order valence-electron chi connectivity index (χ1n) is 11.1. The highest BCUT2D eigenvalue weighted by molar-refractivity contribution is 5.94. The number of methoxy groups -OCH3 is 4. The minimum atomic E-state index is -1.55. The van der Waals surface area contributed by atoms with E-state index in [4.69, 9.17) is 18.9 Å². The van der Waals surface area contributed by atoms with Crippen molar-refractivity contribution in [2.45, 2.75) is 11.1 Å². The maximum absolute atomic E-state index is 13.5. The molecule has 9 nitrogen and oxygen atoms in total. The predicted octanol–water partition coefficient (Wildman–Crippen LogP) is 1.55. The lowest BCUT2D eigenvalue weighted by atomic mass is 9.53. The number of esters is 4. The summed E-state index contributed by atoms with van der Waals surface area (Å²) in [4.78, 5) is 53.8. The Morgan fingerprint density at radius 2 is 0.800 bits per heavy atom. The molecule has 0 radical (unpaired) electrons. The fourth-order valence-corrected chi connectivity index (χ4v) is 6.18. The van der Waals surface area contributed by atoms with Crippen molar-refractivity contribution in [3.05, 3.63) is 71.8 Å². The van der Waals surface area contributed by atoms with E-state index in [9.17, 15) is 19.2 Å². The summed E-state index contributed by atoms with van der Waals surface area (Å²) in [5, 5.41) is 3.45. The Balaban J connectivity index is 2.18. The Bertz CT molecular complexity index is 999. The van der Waals surface area contributed by atoms with Crippen LogP contribution in [0.15, 0.2) is 60.7 Å². The van der Waals surface area contributed by atoms with Crippen LogP contribution in [0.4, 0.5) is 0 Å². The molecular formula is C26H27NO8. The number of rotatable bonds is 6. The minimum Gasteiger partial charge on any atom is -0.469 e. The Kier molecular flexibility index (Phi) is 6.38. The molecule has 0 saturated carbocycles. The zero-order chi connectivity index (χ0) is 25.4. The molecule has 6 atom stereocenters. The first-order valence-corrected chi connectivity index (χ1v) is 11.1. The molecule has 184 valence electrons. The quantitative estimate of drug-likeness (QED) is 0.484. The van der Waals surface area contributed by atoms with Crippen molar-refractivity contribution in [1.82, 2.24) is 5.32 Å². The van der Waals surface area contributed by atoms with Crippen molar-refractivity contribution in [1.29, 1.82) is 0 Å². The summed E-state index contributed by atoms with van der Waals surface area (Å²) in [6.45, 7) is 0. The van der Waals surface area contributed by atoms with Crippen molar-refractivity contribution in [3.8, 4) is 0 Å². The molecule has 2 heterocycles. The van der Waals surface area contributed by atoms with Crippen LogP contribution in [0.3, 0.4) is 0 Å². The zero-order valence-electron chi connectivity index (χ0n) is 19.8. The molecule has 2 aromatic carbocycles. The summed E-state index contributed by atoms with van der Waals surface area (Å²) in [5.74, 6) is -7.84. The third kappa shape index (κ3) is 3.25. The lowest BCUT2D eigenvalue weighted by Gasteiger charge is -2.45. The zero-order valence-corrected chi connectivity index (χ0v) is 19.8. The second kappa shape index (κ2) is 9.14. The van der Waals surface area contributed by atoms with Gasteiger partial charge in [0, 0.05) is 0 Å². The normalized spacial score (nSPS) is 30.9. The Hall–Kier alpha value is -3.72. The molecule has 2 bridgehead atoms. The Labute approximate surface area is 202 Å². The summed E-state index contributed by atoms with van der Waals surface area (Å²) >= 11 is 0. The fourth-order valence-electron chi connectivity index (χ4n) is 6.18. The molecule has 9 heteroatoms. The van der Waals surface area contributed by atoms with Crippen molar-refractivity contribution in [3.63, 3.8) is 0 Å². The van der Waals surface area contributed by atoms with E-state index in [1.807, 2.05) is 0 Å². The van der Waals surface area contributed by atoms with Crippen LogP contribution < -0.4 is 5.32 Å². The number of nitrogens with one attached hydrogen (secondary N) is 1. The highest BCUT2D eigenvalue weighted by atomic mass is 16.5. The van der Waals surface area contributed by atoms with E-state index in [0.717, 1.165) is 0 Å². The SMILES string of the molecule is COC(=O)[C@@H]1[C@@H](C(=O)OC)C2(c3ccccc3)NC1(c1ccccc1)[C@H](C(=O)OC)[C@@H]2C(=O)OC. The predicted molar refractivity (Wildman–Crippen MR) is 121 cm³/mol. The summed E-state index contributed by atoms with van der Waals surface area (Å²) in [6, 6.07) is 17.5. The first-order chi connectivity index (χ1) is 16.8. The fraction of sp³-hybridized carbons (Fsp3) is 0.385. The van der Waals surface area contributed by atoms with Crippen LogP contribution in [0.5, 0.6) is 0 Å². The van der Waals surface area contributed by atoms with Crippen molar-refractivity contribution >= 4 is 23.9 Å². The number of hydrogen-bond donors (Lipinski definition) is 1. The molecule has 0 amide bonds. The second-order valence-corrected chi connectivity index (χ2v) is 8.60. The molecule has 0 aromatic heterocycles. The van der Waals surface area contributed by atoms with Gasteiger partial charge in [-0.3, -0.25) is 24.5 Å². The minimum absolute atomic E-state index is 0.518. The standard InChI is InChI=1S/C26H27NO8/c1-32-21(28)17-18(22(29)33-2)26(16-13-9-6-10-14-16)20(24(31)35-4)19(23(30)34-3)25(17,27-26)15-11-7-5-8-12-15/h5-14,17-20,27H,1-4H3/t17-,18-,19-,20+,25?,26?/m0/s1. The monoisotopic (exact) mass is 481 g/mol. The van der Waals surface area contributed by atoms with E-state index in [-0.39, 0.29) is 0 Å². The molecule has 2 aromatic rings. The van der Waals surface area contributed by atoms with Gasteiger partial charge in [0.25, 0.3) is 0 Å². The summed E-state index contributed by atoms with van der Waals surface area (Å²) in [7, 11) is 4.84. The molecule has 2 unspecified atom stereocenters. The van der Waals surface area contributed by atoms with Gasteiger partial charge in [0.05, 0.1) is 63.2 Å². The number of ether oxygens (including phenoxy) is 4. The van der Waals surface area contributed by atoms with Crippen LogP contribution >= 0.6 is 0 Å². The average molecular weight is 482 g/mol. The van der Waals surface area contributed by atoms with Crippen LogP contribution in [0.2, 0.25) is 0 Å². The van der Waals surface area contributed by atoms with Crippen LogP contribution in [0.25, 0.3) is 0 Å². The van der Waals surface area contributed by atoms with Gasteiger partial charge in [-0.1, -0.05) is 60.7 Å². The topological polar surface area (TPSA) is 117 Å². The van der Waals surface area contributed by atoms with E-state index in [0.29, 0.717) is 11.1 Å². The number of carbonyl (C=O) groups excluding carboxylic acids is 4. The van der Waals surface area contributed by atoms with E-state index < -0.39 is 58.6 Å². The molecule has 35 heavy (non-hydrogen) atoms. The molecule has 2 aliphatic heterocycles. The van der Waals surface area contributed by atoms with Crippen LogP contribution in [0.1, 0.15) is 11.1 Å². The molecule has 2 fully saturated rings. The number of hydrogen-bond acceptors (Lipinski definition) is 9. The van der Waals surface area contributed by atoms with E-state index in [1.165, 1.54) is 28.4 Å².